The van der Waals surface area contributed by atoms with Crippen LogP contribution in [-0.2, 0) is 4.79 Å². The average molecular weight is 386 g/mol. The Balaban J connectivity index is 1.27. The molecule has 0 aliphatic carbocycles. The summed E-state index contributed by atoms with van der Waals surface area (Å²) in [5.74, 6) is 0.503. The number of ether oxygens (including phenoxy) is 1. The number of benzene rings is 2. The number of nitriles is 1. The quantitative estimate of drug-likeness (QED) is 0.728. The Bertz CT molecular complexity index is 1030. The van der Waals surface area contributed by atoms with Crippen molar-refractivity contribution < 1.29 is 9.53 Å². The zero-order valence-corrected chi connectivity index (χ0v) is 16.0. The number of rotatable bonds is 5. The number of aromatic nitrogens is 1. The molecule has 0 saturated carbocycles. The fourth-order valence-corrected chi connectivity index (χ4v) is 3.63. The highest BCUT2D eigenvalue weighted by atomic mass is 16.5. The van der Waals surface area contributed by atoms with Crippen molar-refractivity contribution >= 4 is 22.5 Å². The van der Waals surface area contributed by atoms with Crippen LogP contribution in [0.15, 0.2) is 60.8 Å². The van der Waals surface area contributed by atoms with Crippen LogP contribution in [0.1, 0.15) is 18.4 Å². The van der Waals surface area contributed by atoms with Gasteiger partial charge in [0.15, 0.2) is 6.61 Å². The van der Waals surface area contributed by atoms with Crippen LogP contribution in [0.5, 0.6) is 5.75 Å². The largest absolute Gasteiger partial charge is 0.481 e. The molecule has 1 aliphatic rings. The standard InChI is InChI=1S/C23H22N4O2/c24-15-17-6-8-20(9-7-17)27-13-10-19(11-14-27)26-22(28)16-29-21-5-1-3-18-4-2-12-25-23(18)21/h1-9,12,19H,10-11,13-14,16H2,(H,26,28). The number of carbonyl (C=O) groups excluding carboxylic acids is 1. The maximum Gasteiger partial charge on any atom is 0.258 e. The van der Waals surface area contributed by atoms with Crippen LogP contribution < -0.4 is 15.0 Å². The van der Waals surface area contributed by atoms with Gasteiger partial charge in [0.05, 0.1) is 11.6 Å². The number of nitrogens with one attached hydrogen (secondary N) is 1. The number of para-hydroxylation sites is 1. The van der Waals surface area contributed by atoms with Gasteiger partial charge in [-0.25, -0.2) is 0 Å². The van der Waals surface area contributed by atoms with E-state index in [1.807, 2.05) is 54.6 Å². The molecule has 1 aliphatic heterocycles. The number of hydrogen-bond donors (Lipinski definition) is 1. The highest BCUT2D eigenvalue weighted by Crippen LogP contribution is 2.23. The molecule has 1 saturated heterocycles. The van der Waals surface area contributed by atoms with E-state index in [0.717, 1.165) is 42.5 Å². The van der Waals surface area contributed by atoms with Crippen molar-refractivity contribution in [1.82, 2.24) is 10.3 Å². The second-order valence-electron chi connectivity index (χ2n) is 7.11. The molecule has 29 heavy (non-hydrogen) atoms. The van der Waals surface area contributed by atoms with Gasteiger partial charge in [-0.1, -0.05) is 18.2 Å². The van der Waals surface area contributed by atoms with Gasteiger partial charge in [-0.2, -0.15) is 5.26 Å². The number of fused-ring (bicyclic) bond motifs is 1. The van der Waals surface area contributed by atoms with E-state index in [9.17, 15) is 4.79 Å². The molecule has 3 aromatic rings. The van der Waals surface area contributed by atoms with Gasteiger partial charge in [0.2, 0.25) is 0 Å². The van der Waals surface area contributed by atoms with Crippen LogP contribution in [0.25, 0.3) is 10.9 Å². The summed E-state index contributed by atoms with van der Waals surface area (Å²) in [6.07, 6.45) is 3.47. The van der Waals surface area contributed by atoms with E-state index in [1.165, 1.54) is 0 Å². The number of pyridine rings is 1. The summed E-state index contributed by atoms with van der Waals surface area (Å²) in [6, 6.07) is 19.5. The molecule has 0 radical (unpaired) electrons. The lowest BCUT2D eigenvalue weighted by Gasteiger charge is -2.34. The Kier molecular flexibility index (Phi) is 5.57. The lowest BCUT2D eigenvalue weighted by Crippen LogP contribution is -2.46. The molecule has 1 amide bonds. The summed E-state index contributed by atoms with van der Waals surface area (Å²) in [4.78, 5) is 19.0. The van der Waals surface area contributed by atoms with Gasteiger partial charge < -0.3 is 15.0 Å². The second-order valence-corrected chi connectivity index (χ2v) is 7.11. The first-order valence-corrected chi connectivity index (χ1v) is 9.74. The fourth-order valence-electron chi connectivity index (χ4n) is 3.63. The molecule has 1 aromatic heterocycles. The minimum Gasteiger partial charge on any atom is -0.481 e. The molecule has 0 spiro atoms. The number of amides is 1. The van der Waals surface area contributed by atoms with Crippen molar-refractivity contribution in [2.24, 2.45) is 0 Å². The van der Waals surface area contributed by atoms with E-state index in [2.05, 4.69) is 21.3 Å². The third-order valence-electron chi connectivity index (χ3n) is 5.18. The van der Waals surface area contributed by atoms with Crippen LogP contribution in [0.2, 0.25) is 0 Å². The van der Waals surface area contributed by atoms with E-state index in [1.54, 1.807) is 6.20 Å². The third kappa shape index (κ3) is 4.46. The third-order valence-corrected chi connectivity index (χ3v) is 5.18. The summed E-state index contributed by atoms with van der Waals surface area (Å²) in [7, 11) is 0. The van der Waals surface area contributed by atoms with Crippen LogP contribution in [0, 0.1) is 11.3 Å². The highest BCUT2D eigenvalue weighted by molar-refractivity contribution is 5.85. The second kappa shape index (κ2) is 8.61. The van der Waals surface area contributed by atoms with Crippen molar-refractivity contribution in [3.05, 3.63) is 66.4 Å². The maximum absolute atomic E-state index is 12.3. The minimum absolute atomic E-state index is 0.0223. The Morgan fingerprint density at radius 2 is 1.90 bits per heavy atom. The zero-order valence-electron chi connectivity index (χ0n) is 16.0. The summed E-state index contributed by atoms with van der Waals surface area (Å²) in [5.41, 5.74) is 2.54. The molecule has 6 nitrogen and oxygen atoms in total. The van der Waals surface area contributed by atoms with Crippen LogP contribution in [0.4, 0.5) is 5.69 Å². The monoisotopic (exact) mass is 386 g/mol. The van der Waals surface area contributed by atoms with Gasteiger partial charge in [0, 0.05) is 36.4 Å². The van der Waals surface area contributed by atoms with Gasteiger partial charge in [-0.05, 0) is 49.2 Å². The molecule has 0 atom stereocenters. The first-order chi connectivity index (χ1) is 14.2. The molecular formula is C23H22N4O2. The molecule has 2 heterocycles. The highest BCUT2D eigenvalue weighted by Gasteiger charge is 2.21. The van der Waals surface area contributed by atoms with Crippen LogP contribution in [-0.4, -0.2) is 36.6 Å². The molecular weight excluding hydrogens is 364 g/mol. The molecule has 1 N–H and O–H groups in total. The van der Waals surface area contributed by atoms with Crippen molar-refractivity contribution in [3.63, 3.8) is 0 Å². The van der Waals surface area contributed by atoms with Gasteiger partial charge in [-0.3, -0.25) is 9.78 Å². The van der Waals surface area contributed by atoms with Crippen molar-refractivity contribution in [3.8, 4) is 11.8 Å². The summed E-state index contributed by atoms with van der Waals surface area (Å²) < 4.78 is 5.72. The number of carbonyl (C=O) groups is 1. The summed E-state index contributed by atoms with van der Waals surface area (Å²) >= 11 is 0. The minimum atomic E-state index is -0.116. The van der Waals surface area contributed by atoms with E-state index < -0.39 is 0 Å². The Hall–Kier alpha value is -3.59. The Morgan fingerprint density at radius 3 is 2.66 bits per heavy atom. The molecule has 4 rings (SSSR count). The summed E-state index contributed by atoms with van der Waals surface area (Å²) in [6.45, 7) is 1.71. The van der Waals surface area contributed by atoms with Crippen molar-refractivity contribution in [2.75, 3.05) is 24.6 Å². The lowest BCUT2D eigenvalue weighted by atomic mass is 10.0. The molecule has 0 bridgehead atoms. The lowest BCUT2D eigenvalue weighted by molar-refractivity contribution is -0.123. The number of anilines is 1. The molecule has 6 heteroatoms. The van der Waals surface area contributed by atoms with Crippen LogP contribution in [0.3, 0.4) is 0 Å². The summed E-state index contributed by atoms with van der Waals surface area (Å²) in [5, 5.41) is 13.0. The fraction of sp³-hybridized carbons (Fsp3) is 0.261. The first kappa shape index (κ1) is 18.8. The van der Waals surface area contributed by atoms with Gasteiger partial charge in [0.1, 0.15) is 11.3 Å². The maximum atomic E-state index is 12.3. The van der Waals surface area contributed by atoms with Crippen molar-refractivity contribution in [2.45, 2.75) is 18.9 Å². The van der Waals surface area contributed by atoms with Gasteiger partial charge in [-0.15, -0.1) is 0 Å². The average Bonchev–Trinajstić information content (AvgIpc) is 2.78. The predicted octanol–water partition coefficient (Wildman–Crippen LogP) is 3.27. The molecule has 1 fully saturated rings. The SMILES string of the molecule is N#Cc1ccc(N2CCC(NC(=O)COc3cccc4cccnc34)CC2)cc1. The first-order valence-electron chi connectivity index (χ1n) is 9.74. The van der Waals surface area contributed by atoms with Gasteiger partial charge >= 0.3 is 0 Å². The topological polar surface area (TPSA) is 78.2 Å². The Morgan fingerprint density at radius 1 is 1.14 bits per heavy atom. The normalized spacial score (nSPS) is 14.4. The molecule has 146 valence electrons. The number of nitrogens with zero attached hydrogens (tertiary/aromatic N) is 3. The molecule has 2 aromatic carbocycles. The van der Waals surface area contributed by atoms with E-state index in [4.69, 9.17) is 10.00 Å². The van der Waals surface area contributed by atoms with E-state index in [-0.39, 0.29) is 18.6 Å². The zero-order chi connectivity index (χ0) is 20.1. The van der Waals surface area contributed by atoms with Crippen molar-refractivity contribution in [1.29, 1.82) is 5.26 Å². The number of piperidine rings is 1. The number of hydrogen-bond acceptors (Lipinski definition) is 5. The Labute approximate surface area is 169 Å². The van der Waals surface area contributed by atoms with E-state index >= 15 is 0 Å². The molecule has 0 unspecified atom stereocenters. The smallest absolute Gasteiger partial charge is 0.258 e. The van der Waals surface area contributed by atoms with E-state index in [0.29, 0.717) is 11.3 Å². The van der Waals surface area contributed by atoms with Gasteiger partial charge in [0.25, 0.3) is 5.91 Å². The van der Waals surface area contributed by atoms with Crippen LogP contribution >= 0.6 is 0 Å². The predicted molar refractivity (Wildman–Crippen MR) is 112 cm³/mol.